The molecular weight excluding hydrogens is 276 g/mol. The van der Waals surface area contributed by atoms with Crippen molar-refractivity contribution in [3.63, 3.8) is 0 Å². The van der Waals surface area contributed by atoms with Gasteiger partial charge in [0.1, 0.15) is 5.56 Å². The number of esters is 1. The van der Waals surface area contributed by atoms with Crippen LogP contribution < -0.4 is 0 Å². The lowest BCUT2D eigenvalue weighted by Gasteiger charge is -2.01. The van der Waals surface area contributed by atoms with E-state index < -0.39 is 11.9 Å². The molecule has 0 aromatic carbocycles. The minimum atomic E-state index is -0.797. The maximum Gasteiger partial charge on any atom is 0.343 e. The fourth-order valence-corrected chi connectivity index (χ4v) is 1.30. The van der Waals surface area contributed by atoms with Crippen LogP contribution in [0.15, 0.2) is 12.3 Å². The molecule has 0 N–H and O–H groups in total. The van der Waals surface area contributed by atoms with Crippen LogP contribution in [-0.2, 0) is 4.74 Å². The van der Waals surface area contributed by atoms with Crippen molar-refractivity contribution in [3.8, 4) is 0 Å². The van der Waals surface area contributed by atoms with Crippen LogP contribution in [0.3, 0.4) is 0 Å². The molecule has 0 spiro atoms. The molecule has 0 bridgehead atoms. The molecular formula is C7H5FINO2. The topological polar surface area (TPSA) is 39.2 Å². The van der Waals surface area contributed by atoms with E-state index in [4.69, 9.17) is 0 Å². The van der Waals surface area contributed by atoms with Crippen molar-refractivity contribution >= 4 is 28.6 Å². The standard InChI is InChI=1S/C7H5FINO2/c1-12-7(11)5-4(9)2-3-10-6(5)8/h2-3H,1H3. The second kappa shape index (κ2) is 3.79. The quantitative estimate of drug-likeness (QED) is 0.446. The molecule has 3 nitrogen and oxygen atoms in total. The summed E-state index contributed by atoms with van der Waals surface area (Å²) in [6.07, 6.45) is 1.30. The normalized spacial score (nSPS) is 9.58. The van der Waals surface area contributed by atoms with E-state index in [0.717, 1.165) is 0 Å². The van der Waals surface area contributed by atoms with Crippen LogP contribution in [0.2, 0.25) is 0 Å². The molecule has 0 unspecified atom stereocenters. The number of hydrogen-bond acceptors (Lipinski definition) is 3. The second-order valence-corrected chi connectivity index (χ2v) is 3.11. The average molecular weight is 281 g/mol. The molecule has 0 aliphatic heterocycles. The number of carbonyl (C=O) groups excluding carboxylic acids is 1. The lowest BCUT2D eigenvalue weighted by Crippen LogP contribution is -2.08. The molecule has 0 atom stereocenters. The minimum absolute atomic E-state index is 0.111. The monoisotopic (exact) mass is 281 g/mol. The van der Waals surface area contributed by atoms with E-state index in [1.54, 1.807) is 0 Å². The summed E-state index contributed by atoms with van der Waals surface area (Å²) in [5, 5.41) is 0. The summed E-state index contributed by atoms with van der Waals surface area (Å²) in [4.78, 5) is 14.3. The number of aromatic nitrogens is 1. The van der Waals surface area contributed by atoms with E-state index in [2.05, 4.69) is 9.72 Å². The van der Waals surface area contributed by atoms with Crippen molar-refractivity contribution in [2.45, 2.75) is 0 Å². The van der Waals surface area contributed by atoms with Crippen LogP contribution in [-0.4, -0.2) is 18.1 Å². The predicted octanol–water partition coefficient (Wildman–Crippen LogP) is 1.61. The SMILES string of the molecule is COC(=O)c1c(I)ccnc1F. The zero-order valence-corrected chi connectivity index (χ0v) is 8.33. The number of nitrogens with zero attached hydrogens (tertiary/aromatic N) is 1. The third kappa shape index (κ3) is 1.71. The molecule has 0 aliphatic rings. The van der Waals surface area contributed by atoms with Crippen LogP contribution in [0.25, 0.3) is 0 Å². The minimum Gasteiger partial charge on any atom is -0.465 e. The molecule has 5 heteroatoms. The van der Waals surface area contributed by atoms with Crippen molar-refractivity contribution < 1.29 is 13.9 Å². The fraction of sp³-hybridized carbons (Fsp3) is 0.143. The Morgan fingerprint density at radius 3 is 2.92 bits per heavy atom. The van der Waals surface area contributed by atoms with Gasteiger partial charge in [0.05, 0.1) is 7.11 Å². The highest BCUT2D eigenvalue weighted by Crippen LogP contribution is 2.14. The summed E-state index contributed by atoms with van der Waals surface area (Å²) in [6, 6.07) is 1.54. The van der Waals surface area contributed by atoms with Gasteiger partial charge in [0, 0.05) is 9.77 Å². The molecule has 1 aromatic heterocycles. The van der Waals surface area contributed by atoms with Crippen LogP contribution in [0.1, 0.15) is 10.4 Å². The number of methoxy groups -OCH3 is 1. The molecule has 12 heavy (non-hydrogen) atoms. The van der Waals surface area contributed by atoms with E-state index in [0.29, 0.717) is 3.57 Å². The molecule has 1 aromatic rings. The molecule has 64 valence electrons. The Kier molecular flexibility index (Phi) is 2.96. The maximum absolute atomic E-state index is 12.9. The highest BCUT2D eigenvalue weighted by Gasteiger charge is 2.16. The molecule has 0 amide bonds. The Bertz CT molecular complexity index is 296. The zero-order valence-electron chi connectivity index (χ0n) is 6.17. The van der Waals surface area contributed by atoms with Gasteiger partial charge in [0.2, 0.25) is 5.95 Å². The molecule has 1 rings (SSSR count). The van der Waals surface area contributed by atoms with Gasteiger partial charge in [-0.3, -0.25) is 0 Å². The first-order valence-electron chi connectivity index (χ1n) is 3.05. The van der Waals surface area contributed by atoms with Crippen molar-refractivity contribution in [2.75, 3.05) is 7.11 Å². The smallest absolute Gasteiger partial charge is 0.343 e. The van der Waals surface area contributed by atoms with Crippen LogP contribution in [0, 0.1) is 9.52 Å². The van der Waals surface area contributed by atoms with E-state index >= 15 is 0 Å². The van der Waals surface area contributed by atoms with Crippen LogP contribution in [0.5, 0.6) is 0 Å². The Morgan fingerprint density at radius 2 is 2.42 bits per heavy atom. The van der Waals surface area contributed by atoms with Gasteiger partial charge in [-0.05, 0) is 28.7 Å². The number of carbonyl (C=O) groups is 1. The van der Waals surface area contributed by atoms with Crippen molar-refractivity contribution in [3.05, 3.63) is 27.3 Å². The second-order valence-electron chi connectivity index (χ2n) is 1.95. The van der Waals surface area contributed by atoms with Gasteiger partial charge in [-0.15, -0.1) is 0 Å². The first-order chi connectivity index (χ1) is 5.66. The summed E-state index contributed by atoms with van der Waals surface area (Å²) in [5.41, 5.74) is -0.111. The Morgan fingerprint density at radius 1 is 1.75 bits per heavy atom. The summed E-state index contributed by atoms with van der Waals surface area (Å²) in [7, 11) is 1.20. The van der Waals surface area contributed by atoms with E-state index in [9.17, 15) is 9.18 Å². The molecule has 0 saturated carbocycles. The van der Waals surface area contributed by atoms with Gasteiger partial charge >= 0.3 is 5.97 Å². The lowest BCUT2D eigenvalue weighted by molar-refractivity contribution is 0.0593. The molecule has 0 radical (unpaired) electrons. The van der Waals surface area contributed by atoms with Gasteiger partial charge in [0.25, 0.3) is 0 Å². The zero-order chi connectivity index (χ0) is 9.14. The van der Waals surface area contributed by atoms with E-state index in [-0.39, 0.29) is 5.56 Å². The van der Waals surface area contributed by atoms with Crippen LogP contribution in [0.4, 0.5) is 4.39 Å². The van der Waals surface area contributed by atoms with E-state index in [1.165, 1.54) is 19.4 Å². The maximum atomic E-state index is 12.9. The highest BCUT2D eigenvalue weighted by atomic mass is 127. The van der Waals surface area contributed by atoms with Gasteiger partial charge in [-0.2, -0.15) is 4.39 Å². The molecule has 0 fully saturated rings. The van der Waals surface area contributed by atoms with E-state index in [1.807, 2.05) is 22.6 Å². The number of ether oxygens (including phenoxy) is 1. The number of hydrogen-bond donors (Lipinski definition) is 0. The van der Waals surface area contributed by atoms with Gasteiger partial charge < -0.3 is 4.74 Å². The first kappa shape index (κ1) is 9.37. The highest BCUT2D eigenvalue weighted by molar-refractivity contribution is 14.1. The predicted molar refractivity (Wildman–Crippen MR) is 48.3 cm³/mol. The first-order valence-corrected chi connectivity index (χ1v) is 4.13. The van der Waals surface area contributed by atoms with Crippen molar-refractivity contribution in [1.82, 2.24) is 4.98 Å². The van der Waals surface area contributed by atoms with Gasteiger partial charge in [-0.1, -0.05) is 0 Å². The number of pyridine rings is 1. The van der Waals surface area contributed by atoms with Crippen LogP contribution >= 0.6 is 22.6 Å². The average Bonchev–Trinajstić information content (AvgIpc) is 2.03. The molecule has 1 heterocycles. The third-order valence-corrected chi connectivity index (χ3v) is 2.14. The third-order valence-electron chi connectivity index (χ3n) is 1.24. The fourth-order valence-electron chi connectivity index (χ4n) is 0.698. The van der Waals surface area contributed by atoms with Crippen molar-refractivity contribution in [2.24, 2.45) is 0 Å². The number of rotatable bonds is 1. The summed E-state index contributed by atoms with van der Waals surface area (Å²) < 4.78 is 17.7. The molecule has 0 saturated heterocycles. The van der Waals surface area contributed by atoms with Gasteiger partial charge in [-0.25, -0.2) is 9.78 Å². The Hall–Kier alpha value is -0.720. The summed E-state index contributed by atoms with van der Waals surface area (Å²) >= 11 is 1.84. The van der Waals surface area contributed by atoms with Gasteiger partial charge in [0.15, 0.2) is 0 Å². The summed E-state index contributed by atoms with van der Waals surface area (Å²) in [5.74, 6) is -1.50. The Labute approximate surface area is 82.1 Å². The largest absolute Gasteiger partial charge is 0.465 e. The molecule has 0 aliphatic carbocycles. The number of halogens is 2. The lowest BCUT2D eigenvalue weighted by atomic mass is 10.3. The Balaban J connectivity index is 3.21. The summed E-state index contributed by atoms with van der Waals surface area (Å²) in [6.45, 7) is 0. The van der Waals surface area contributed by atoms with Crippen molar-refractivity contribution in [1.29, 1.82) is 0 Å².